The number of rotatable bonds is 0. The third-order valence-electron chi connectivity index (χ3n) is 0. The van der Waals surface area contributed by atoms with Gasteiger partial charge in [-0.2, -0.15) is 0 Å². The van der Waals surface area contributed by atoms with Gasteiger partial charge in [0.25, 0.3) is 0 Å². The molecule has 116 valence electrons. The van der Waals surface area contributed by atoms with Crippen molar-refractivity contribution in [3.8, 4) is 0 Å². The van der Waals surface area contributed by atoms with E-state index in [0.29, 0.717) is 0 Å². The molecule has 0 nitrogen and oxygen atoms in total. The molecule has 0 atom stereocenters. The molecule has 0 aromatic heterocycles. The van der Waals surface area contributed by atoms with Gasteiger partial charge in [0.15, 0.2) is 0 Å². The molecule has 0 radical (unpaired) electrons. The predicted molar refractivity (Wildman–Crippen MR) is 187 cm³/mol. The summed E-state index contributed by atoms with van der Waals surface area (Å²) in [5.41, 5.74) is 0. The van der Waals surface area contributed by atoms with Crippen LogP contribution < -0.4 is 0 Å². The van der Waals surface area contributed by atoms with Gasteiger partial charge in [-0.25, -0.2) is 0 Å². The Balaban J connectivity index is 0. The Kier molecular flexibility index (Phi) is 1590. The molecule has 0 saturated carbocycles. The molecule has 0 aliphatic heterocycles. The molecule has 20 heteroatoms. The molecule has 20 heavy (non-hydrogen) atoms. The fourth-order valence-electron chi connectivity index (χ4n) is 0. The average molecular weight is 1250 g/mol. The van der Waals surface area contributed by atoms with Crippen molar-refractivity contribution < 1.29 is 31.4 Å². The van der Waals surface area contributed by atoms with Gasteiger partial charge in [-0.15, -0.1) is 160 Å². The fraction of sp³-hybridized carbons (Fsp3) is 0. The van der Waals surface area contributed by atoms with E-state index in [2.05, 4.69) is 0 Å². The third kappa shape index (κ3) is 155. The van der Waals surface area contributed by atoms with Crippen molar-refractivity contribution in [2.24, 2.45) is 0 Å². The Labute approximate surface area is 488 Å². The van der Waals surface area contributed by atoms with Gasteiger partial charge in [-0.05, 0) is 0 Å². The van der Waals surface area contributed by atoms with Crippen molar-refractivity contribution in [1.82, 2.24) is 0 Å². The van der Waals surface area contributed by atoms with Crippen molar-refractivity contribution in [3.63, 3.8) is 0 Å². The molecular formula is H31Ba2Be3Br3Ca3Cl3I3Mg3. The van der Waals surface area contributed by atoms with Crippen molar-refractivity contribution in [2.45, 2.75) is 0 Å². The normalized spacial score (nSPS) is 0. The second kappa shape index (κ2) is 170. The summed E-state index contributed by atoms with van der Waals surface area (Å²) in [6.07, 6.45) is 0. The summed E-state index contributed by atoms with van der Waals surface area (Å²) in [5, 5.41) is 0. The topological polar surface area (TPSA) is 0 Å². The fourth-order valence-corrected chi connectivity index (χ4v) is 0. The molecule has 0 unspecified atom stereocenters. The van der Waals surface area contributed by atoms with Crippen LogP contribution >= 0.6 is 160 Å². The van der Waals surface area contributed by atoms with Crippen molar-refractivity contribution >= 4 is 471 Å². The van der Waals surface area contributed by atoms with Crippen LogP contribution in [0.2, 0.25) is 0 Å². The number of hydrogen-bond acceptors (Lipinski definition) is 0. The molecule has 0 spiro atoms. The van der Waals surface area contributed by atoms with E-state index in [0.717, 1.165) is 0 Å². The summed E-state index contributed by atoms with van der Waals surface area (Å²) in [4.78, 5) is 0. The molecule has 0 aromatic carbocycles. The summed E-state index contributed by atoms with van der Waals surface area (Å²) < 4.78 is 0. The monoisotopic (exact) mass is 1250 g/mol. The minimum atomic E-state index is 0. The Morgan fingerprint density at radius 2 is 0.400 bits per heavy atom. The molecule has 0 aliphatic carbocycles. The molecule has 0 saturated heterocycles. The van der Waals surface area contributed by atoms with Crippen LogP contribution in [-0.4, -0.2) is 310 Å². The first-order chi connectivity index (χ1) is 0. The maximum absolute atomic E-state index is 0. The van der Waals surface area contributed by atoms with Crippen LogP contribution in [0.4, 0.5) is 0 Å². The summed E-state index contributed by atoms with van der Waals surface area (Å²) in [6, 6.07) is 0. The smallest absolute Gasteiger partial charge is 1.00 e. The zero-order valence-corrected chi connectivity index (χ0v) is 45.8. The van der Waals surface area contributed by atoms with Gasteiger partial charge in [0.2, 0.25) is 0 Å². The zero-order valence-electron chi connectivity index (χ0n) is 33.5. The van der Waals surface area contributed by atoms with E-state index in [1.165, 1.54) is 0 Å². The van der Waals surface area contributed by atoms with Gasteiger partial charge < -0.3 is 31.4 Å². The summed E-state index contributed by atoms with van der Waals surface area (Å²) in [5.74, 6) is 0. The van der Waals surface area contributed by atoms with Gasteiger partial charge in [-0.1, -0.05) is 0 Å². The van der Waals surface area contributed by atoms with Crippen LogP contribution in [0.1, 0.15) is 31.4 Å². The molecule has 0 fully saturated rings. The predicted octanol–water partition coefficient (Wildman–Crippen LogP) is 3.14. The molecule has 0 aromatic rings. The second-order valence-electron chi connectivity index (χ2n) is 0. The first-order valence-electron chi connectivity index (χ1n) is 0. The van der Waals surface area contributed by atoms with Crippen LogP contribution in [0, 0.1) is 0 Å². The molecule has 0 bridgehead atoms. The quantitative estimate of drug-likeness (QED) is 0.259. The van der Waals surface area contributed by atoms with E-state index >= 15 is 0 Å². The van der Waals surface area contributed by atoms with Crippen LogP contribution in [-0.2, 0) is 0 Å². The van der Waals surface area contributed by atoms with E-state index < -0.39 is 0 Å². The minimum Gasteiger partial charge on any atom is -1.00 e. The van der Waals surface area contributed by atoms with Crippen molar-refractivity contribution in [1.29, 1.82) is 0 Å². The standard InChI is InChI=1S/2Ba.3Be.3BrH.3Ca.3ClH.3HI.3Mg.22H/h;;;;;3*1H;;;;6*1H;;;;;;;;;;;;;;;;;;;;;;;;;/q5*+2;;;;3*+2;;;;;;;3*+2;22*-1. The third-order valence-corrected chi connectivity index (χ3v) is 0. The Morgan fingerprint density at radius 3 is 0.400 bits per heavy atom. The molecule has 0 amide bonds. The SMILES string of the molecule is Br.Br.Br.Cl.Cl.Cl.I.I.I.[Ba+2].[Ba+2].[Be+2].[Be+2].[Be+2].[Ca+2].[Ca+2].[Ca+2].[H-].[H-].[H-].[H-].[H-].[H-].[H-].[H-].[H-].[H-].[H-].[H-].[H-].[H-].[H-].[H-].[H-].[H-].[H-].[H-].[H-].[H-].[Mg+2].[Mg+2].[Mg+2]. The molecule has 0 N–H and O–H groups in total. The van der Waals surface area contributed by atoms with Gasteiger partial charge in [-0.3, -0.25) is 0 Å². The Morgan fingerprint density at radius 1 is 0.400 bits per heavy atom. The van der Waals surface area contributed by atoms with Gasteiger partial charge in [0, 0.05) is 0 Å². The maximum Gasteiger partial charge on any atom is 2.00 e. The van der Waals surface area contributed by atoms with Crippen LogP contribution in [0.5, 0.6) is 0 Å². The number of hydrogen-bond donors (Lipinski definition) is 0. The Bertz CT molecular complexity index is 97.8. The first-order valence-corrected chi connectivity index (χ1v) is 0. The van der Waals surface area contributed by atoms with Crippen LogP contribution in [0.15, 0.2) is 0 Å². The average Bonchev–Trinajstić information content (AvgIpc) is 0. The van der Waals surface area contributed by atoms with E-state index in [9.17, 15) is 0 Å². The van der Waals surface area contributed by atoms with Crippen molar-refractivity contribution in [2.75, 3.05) is 0 Å². The van der Waals surface area contributed by atoms with E-state index in [1.807, 2.05) is 0 Å². The maximum atomic E-state index is 0. The number of halogens is 9. The molecule has 0 heterocycles. The van der Waals surface area contributed by atoms with E-state index in [-0.39, 0.29) is 502 Å². The molecular weight excluding hydrogens is 1220 g/mol. The molecule has 0 rings (SSSR count). The van der Waals surface area contributed by atoms with Gasteiger partial charge in [0.05, 0.1) is 0 Å². The van der Waals surface area contributed by atoms with Crippen LogP contribution in [0.25, 0.3) is 0 Å². The second-order valence-corrected chi connectivity index (χ2v) is 0. The summed E-state index contributed by atoms with van der Waals surface area (Å²) >= 11 is 0. The van der Waals surface area contributed by atoms with Crippen LogP contribution in [0.3, 0.4) is 0 Å². The minimum absolute atomic E-state index is 0. The largest absolute Gasteiger partial charge is 2.00 e. The first kappa shape index (κ1) is 187. The van der Waals surface area contributed by atoms with E-state index in [4.69, 9.17) is 0 Å². The summed E-state index contributed by atoms with van der Waals surface area (Å²) in [7, 11) is 0. The summed E-state index contributed by atoms with van der Waals surface area (Å²) in [6.45, 7) is 0. The molecule has 0 aliphatic rings. The van der Waals surface area contributed by atoms with Gasteiger partial charge in [0.1, 0.15) is 0 Å². The Hall–Kier alpha value is 14.2. The van der Waals surface area contributed by atoms with Gasteiger partial charge >= 0.3 is 310 Å². The van der Waals surface area contributed by atoms with Crippen molar-refractivity contribution in [3.05, 3.63) is 0 Å². The van der Waals surface area contributed by atoms with E-state index in [1.54, 1.807) is 0 Å². The zero-order chi connectivity index (χ0) is 0.